The first-order valence-electron chi connectivity index (χ1n) is 12.0. The average molecular weight is 510 g/mol. The van der Waals surface area contributed by atoms with Crippen molar-refractivity contribution in [2.24, 2.45) is 0 Å². The van der Waals surface area contributed by atoms with Crippen LogP contribution in [0, 0.1) is 5.82 Å². The van der Waals surface area contributed by atoms with Crippen molar-refractivity contribution >= 4 is 39.8 Å². The van der Waals surface area contributed by atoms with Gasteiger partial charge >= 0.3 is 0 Å². The van der Waals surface area contributed by atoms with E-state index in [1.165, 1.54) is 23.5 Å². The Bertz CT molecular complexity index is 1170. The standard InChI is InChI=1S/C25H28FN7O2S/c26-19-4-6-20(7-5-19)28-25-29-21(18-36-25)24(35)33-11-9-30(10-12-33)17-23(34)32-15-13-31(14-16-32)22-3-1-2-8-27-22/h1-8,18H,9-17H2,(H,28,29). The molecule has 0 radical (unpaired) electrons. The first-order valence-corrected chi connectivity index (χ1v) is 12.9. The van der Waals surface area contributed by atoms with Crippen molar-refractivity contribution in [3.63, 3.8) is 0 Å². The third kappa shape index (κ3) is 5.80. The van der Waals surface area contributed by atoms with Gasteiger partial charge in [-0.25, -0.2) is 14.4 Å². The number of rotatable bonds is 6. The maximum absolute atomic E-state index is 13.1. The zero-order valence-corrected chi connectivity index (χ0v) is 20.7. The third-order valence-corrected chi connectivity index (χ3v) is 7.20. The first-order chi connectivity index (χ1) is 17.5. The number of carbonyl (C=O) groups is 2. The molecule has 1 N–H and O–H groups in total. The summed E-state index contributed by atoms with van der Waals surface area (Å²) < 4.78 is 13.1. The lowest BCUT2D eigenvalue weighted by Crippen LogP contribution is -2.54. The number of hydrogen-bond acceptors (Lipinski definition) is 8. The summed E-state index contributed by atoms with van der Waals surface area (Å²) in [7, 11) is 0. The van der Waals surface area contributed by atoms with Gasteiger partial charge in [-0.2, -0.15) is 0 Å². The van der Waals surface area contributed by atoms with Gasteiger partial charge in [0.1, 0.15) is 17.3 Å². The van der Waals surface area contributed by atoms with Crippen LogP contribution in [0.15, 0.2) is 54.0 Å². The van der Waals surface area contributed by atoms with Gasteiger partial charge in [0, 0.05) is 69.6 Å². The number of amides is 2. The Morgan fingerprint density at radius 3 is 2.33 bits per heavy atom. The Morgan fingerprint density at radius 1 is 0.917 bits per heavy atom. The van der Waals surface area contributed by atoms with Crippen LogP contribution in [0.4, 0.5) is 21.0 Å². The summed E-state index contributed by atoms with van der Waals surface area (Å²) in [5.74, 6) is 0.657. The Balaban J connectivity index is 1.06. The molecule has 9 nitrogen and oxygen atoms in total. The molecule has 2 amide bonds. The van der Waals surface area contributed by atoms with Gasteiger partial charge in [-0.1, -0.05) is 6.07 Å². The van der Waals surface area contributed by atoms with Crippen molar-refractivity contribution in [1.29, 1.82) is 0 Å². The predicted octanol–water partition coefficient (Wildman–Crippen LogP) is 2.53. The molecular formula is C25H28FN7O2S. The molecule has 2 aliphatic rings. The Labute approximate surface area is 213 Å². The summed E-state index contributed by atoms with van der Waals surface area (Å²) in [6.07, 6.45) is 1.79. The van der Waals surface area contributed by atoms with Gasteiger partial charge in [0.2, 0.25) is 5.91 Å². The van der Waals surface area contributed by atoms with E-state index in [0.717, 1.165) is 18.9 Å². The number of benzene rings is 1. The van der Waals surface area contributed by atoms with Crippen molar-refractivity contribution in [2.75, 3.05) is 69.1 Å². The summed E-state index contributed by atoms with van der Waals surface area (Å²) >= 11 is 1.33. The van der Waals surface area contributed by atoms with Crippen molar-refractivity contribution in [2.45, 2.75) is 0 Å². The summed E-state index contributed by atoms with van der Waals surface area (Å²) in [4.78, 5) is 42.6. The fraction of sp³-hybridized carbons (Fsp3) is 0.360. The van der Waals surface area contributed by atoms with Crippen LogP contribution in [0.25, 0.3) is 0 Å². The topological polar surface area (TPSA) is 84.9 Å². The fourth-order valence-electron chi connectivity index (χ4n) is 4.37. The SMILES string of the molecule is O=C(CN1CCN(C(=O)c2csc(Nc3ccc(F)cc3)n2)CC1)N1CCN(c2ccccn2)CC1. The molecule has 0 aliphatic carbocycles. The van der Waals surface area contributed by atoms with E-state index < -0.39 is 0 Å². The van der Waals surface area contributed by atoms with E-state index in [9.17, 15) is 14.0 Å². The zero-order chi connectivity index (χ0) is 24.9. The van der Waals surface area contributed by atoms with Gasteiger partial charge < -0.3 is 20.0 Å². The summed E-state index contributed by atoms with van der Waals surface area (Å²) in [6.45, 7) is 5.70. The Morgan fingerprint density at radius 2 is 1.64 bits per heavy atom. The van der Waals surface area contributed by atoms with Gasteiger partial charge in [-0.3, -0.25) is 14.5 Å². The van der Waals surface area contributed by atoms with Crippen LogP contribution in [0.2, 0.25) is 0 Å². The van der Waals surface area contributed by atoms with E-state index in [1.807, 2.05) is 23.1 Å². The van der Waals surface area contributed by atoms with Gasteiger partial charge in [-0.05, 0) is 36.4 Å². The largest absolute Gasteiger partial charge is 0.353 e. The van der Waals surface area contributed by atoms with Crippen LogP contribution in [0.5, 0.6) is 0 Å². The first kappa shape index (κ1) is 24.1. The molecule has 0 spiro atoms. The monoisotopic (exact) mass is 509 g/mol. The fourth-order valence-corrected chi connectivity index (χ4v) is 5.08. The minimum atomic E-state index is -0.306. The third-order valence-electron chi connectivity index (χ3n) is 6.44. The number of halogens is 1. The van der Waals surface area contributed by atoms with Crippen LogP contribution >= 0.6 is 11.3 Å². The van der Waals surface area contributed by atoms with Crippen LogP contribution in [-0.4, -0.2) is 95.4 Å². The van der Waals surface area contributed by atoms with Crippen LogP contribution in [0.1, 0.15) is 10.5 Å². The number of carbonyl (C=O) groups excluding carboxylic acids is 2. The average Bonchev–Trinajstić information content (AvgIpc) is 3.39. The highest BCUT2D eigenvalue weighted by Gasteiger charge is 2.27. The molecule has 2 aromatic heterocycles. The maximum atomic E-state index is 13.1. The molecular weight excluding hydrogens is 481 g/mol. The number of aromatic nitrogens is 2. The molecule has 1 aromatic carbocycles. The molecule has 188 valence electrons. The molecule has 4 heterocycles. The molecule has 2 saturated heterocycles. The minimum Gasteiger partial charge on any atom is -0.353 e. The van der Waals surface area contributed by atoms with E-state index in [0.29, 0.717) is 62.3 Å². The summed E-state index contributed by atoms with van der Waals surface area (Å²) in [5.41, 5.74) is 1.10. The van der Waals surface area contributed by atoms with E-state index in [4.69, 9.17) is 0 Å². The molecule has 11 heteroatoms. The van der Waals surface area contributed by atoms with Crippen molar-refractivity contribution in [1.82, 2.24) is 24.7 Å². The normalized spacial score (nSPS) is 16.8. The molecule has 0 bridgehead atoms. The lowest BCUT2D eigenvalue weighted by Gasteiger charge is -2.38. The Kier molecular flexibility index (Phi) is 7.38. The van der Waals surface area contributed by atoms with Gasteiger partial charge in [0.15, 0.2) is 5.13 Å². The molecule has 2 aliphatic heterocycles. The number of anilines is 3. The van der Waals surface area contributed by atoms with Gasteiger partial charge in [0.25, 0.3) is 5.91 Å². The van der Waals surface area contributed by atoms with E-state index in [-0.39, 0.29) is 17.6 Å². The molecule has 0 saturated carbocycles. The maximum Gasteiger partial charge on any atom is 0.273 e. The van der Waals surface area contributed by atoms with Crippen LogP contribution < -0.4 is 10.2 Å². The minimum absolute atomic E-state index is 0.116. The van der Waals surface area contributed by atoms with E-state index in [2.05, 4.69) is 25.1 Å². The smallest absolute Gasteiger partial charge is 0.273 e. The van der Waals surface area contributed by atoms with Crippen molar-refractivity contribution in [3.8, 4) is 0 Å². The highest BCUT2D eigenvalue weighted by Crippen LogP contribution is 2.22. The zero-order valence-electron chi connectivity index (χ0n) is 19.8. The second kappa shape index (κ2) is 11.0. The van der Waals surface area contributed by atoms with Crippen molar-refractivity contribution < 1.29 is 14.0 Å². The van der Waals surface area contributed by atoms with Gasteiger partial charge in [0.05, 0.1) is 6.54 Å². The van der Waals surface area contributed by atoms with Crippen molar-refractivity contribution in [3.05, 3.63) is 65.6 Å². The number of nitrogens with zero attached hydrogens (tertiary/aromatic N) is 6. The van der Waals surface area contributed by atoms with Gasteiger partial charge in [-0.15, -0.1) is 11.3 Å². The molecule has 0 atom stereocenters. The molecule has 3 aromatic rings. The molecule has 2 fully saturated rings. The highest BCUT2D eigenvalue weighted by atomic mass is 32.1. The quantitative estimate of drug-likeness (QED) is 0.547. The summed E-state index contributed by atoms with van der Waals surface area (Å²) in [6, 6.07) is 11.9. The number of nitrogens with one attached hydrogen (secondary N) is 1. The number of piperazine rings is 2. The lowest BCUT2D eigenvalue weighted by atomic mass is 10.2. The van der Waals surface area contributed by atoms with E-state index >= 15 is 0 Å². The second-order valence-corrected chi connectivity index (χ2v) is 9.65. The van der Waals surface area contributed by atoms with Crippen LogP contribution in [0.3, 0.4) is 0 Å². The number of hydrogen-bond donors (Lipinski definition) is 1. The highest BCUT2D eigenvalue weighted by molar-refractivity contribution is 7.14. The molecule has 5 rings (SSSR count). The van der Waals surface area contributed by atoms with Crippen LogP contribution in [-0.2, 0) is 4.79 Å². The number of thiazole rings is 1. The molecule has 0 unspecified atom stereocenters. The predicted molar refractivity (Wildman–Crippen MR) is 137 cm³/mol. The van der Waals surface area contributed by atoms with E-state index in [1.54, 1.807) is 28.6 Å². The molecule has 36 heavy (non-hydrogen) atoms. The number of pyridine rings is 1. The summed E-state index contributed by atoms with van der Waals surface area (Å²) in [5, 5.41) is 5.41. The lowest BCUT2D eigenvalue weighted by molar-refractivity contribution is -0.133. The second-order valence-electron chi connectivity index (χ2n) is 8.79. The Hall–Kier alpha value is -3.57.